The van der Waals surface area contributed by atoms with E-state index in [0.29, 0.717) is 0 Å². The molecule has 1 heterocycles. The van der Waals surface area contributed by atoms with Crippen LogP contribution in [0.5, 0.6) is 0 Å². The zero-order chi connectivity index (χ0) is 11.6. The van der Waals surface area contributed by atoms with Crippen LogP contribution in [-0.4, -0.2) is 24.1 Å². The SMILES string of the molecule is COC(=O)c1cc(C(N)C(F)F)cn1C. The zero-order valence-corrected chi connectivity index (χ0v) is 8.41. The highest BCUT2D eigenvalue weighted by Gasteiger charge is 2.21. The van der Waals surface area contributed by atoms with Crippen LogP contribution in [0.2, 0.25) is 0 Å². The fourth-order valence-corrected chi connectivity index (χ4v) is 1.23. The third-order valence-corrected chi connectivity index (χ3v) is 2.08. The molecule has 0 amide bonds. The minimum Gasteiger partial charge on any atom is -0.464 e. The van der Waals surface area contributed by atoms with Gasteiger partial charge in [0.15, 0.2) is 0 Å². The highest BCUT2D eigenvalue weighted by atomic mass is 19.3. The van der Waals surface area contributed by atoms with Gasteiger partial charge in [0.2, 0.25) is 0 Å². The second kappa shape index (κ2) is 4.39. The maximum Gasteiger partial charge on any atom is 0.354 e. The van der Waals surface area contributed by atoms with Crippen molar-refractivity contribution in [1.29, 1.82) is 0 Å². The van der Waals surface area contributed by atoms with Crippen LogP contribution in [0.4, 0.5) is 8.78 Å². The second-order valence-corrected chi connectivity index (χ2v) is 3.12. The van der Waals surface area contributed by atoms with Gasteiger partial charge in [-0.05, 0) is 11.6 Å². The molecule has 0 aliphatic heterocycles. The Bertz CT molecular complexity index is 363. The molecule has 1 atom stereocenters. The summed E-state index contributed by atoms with van der Waals surface area (Å²) in [4.78, 5) is 11.2. The molecule has 84 valence electrons. The standard InChI is InChI=1S/C9H12F2N2O2/c1-13-4-5(7(12)8(10)11)3-6(13)9(14)15-2/h3-4,7-8H,12H2,1-2H3. The lowest BCUT2D eigenvalue weighted by Crippen LogP contribution is -2.18. The fraction of sp³-hybridized carbons (Fsp3) is 0.444. The van der Waals surface area contributed by atoms with Crippen molar-refractivity contribution in [2.75, 3.05) is 7.11 Å². The highest BCUT2D eigenvalue weighted by molar-refractivity contribution is 5.87. The number of methoxy groups -OCH3 is 1. The molecule has 0 radical (unpaired) electrons. The number of aryl methyl sites for hydroxylation is 1. The summed E-state index contributed by atoms with van der Waals surface area (Å²) in [6.07, 6.45) is -1.26. The van der Waals surface area contributed by atoms with Crippen molar-refractivity contribution >= 4 is 5.97 Å². The molecule has 0 bridgehead atoms. The smallest absolute Gasteiger partial charge is 0.354 e. The third kappa shape index (κ3) is 2.33. The summed E-state index contributed by atoms with van der Waals surface area (Å²) >= 11 is 0. The number of nitrogens with zero attached hydrogens (tertiary/aromatic N) is 1. The van der Waals surface area contributed by atoms with Crippen LogP contribution in [-0.2, 0) is 11.8 Å². The quantitative estimate of drug-likeness (QED) is 0.772. The topological polar surface area (TPSA) is 57.2 Å². The molecule has 0 aromatic carbocycles. The van der Waals surface area contributed by atoms with Crippen LogP contribution in [0.1, 0.15) is 22.1 Å². The molecule has 0 fully saturated rings. The summed E-state index contributed by atoms with van der Waals surface area (Å²) in [6.45, 7) is 0. The lowest BCUT2D eigenvalue weighted by atomic mass is 10.1. The molecule has 1 aromatic heterocycles. The summed E-state index contributed by atoms with van der Waals surface area (Å²) in [6, 6.07) is -0.0718. The van der Waals surface area contributed by atoms with E-state index >= 15 is 0 Å². The Morgan fingerprint density at radius 1 is 1.60 bits per heavy atom. The molecule has 1 aromatic rings. The first kappa shape index (κ1) is 11.6. The molecule has 0 aliphatic carbocycles. The number of carbonyl (C=O) groups is 1. The molecule has 1 rings (SSSR count). The first-order valence-corrected chi connectivity index (χ1v) is 4.25. The normalized spacial score (nSPS) is 12.9. The maximum absolute atomic E-state index is 12.3. The number of alkyl halides is 2. The molecular weight excluding hydrogens is 206 g/mol. The first-order chi connectivity index (χ1) is 6.97. The minimum absolute atomic E-state index is 0.198. The molecule has 2 N–H and O–H groups in total. The van der Waals surface area contributed by atoms with Crippen molar-refractivity contribution in [3.05, 3.63) is 23.5 Å². The largest absolute Gasteiger partial charge is 0.464 e. The van der Waals surface area contributed by atoms with Crippen molar-refractivity contribution in [2.24, 2.45) is 12.8 Å². The summed E-state index contributed by atoms with van der Waals surface area (Å²) in [5.74, 6) is -0.579. The van der Waals surface area contributed by atoms with Crippen molar-refractivity contribution in [1.82, 2.24) is 4.57 Å². The molecule has 4 nitrogen and oxygen atoms in total. The summed E-state index contributed by atoms with van der Waals surface area (Å²) in [5.41, 5.74) is 5.66. The first-order valence-electron chi connectivity index (χ1n) is 4.25. The monoisotopic (exact) mass is 218 g/mol. The zero-order valence-electron chi connectivity index (χ0n) is 8.41. The molecule has 0 aliphatic rings. The van der Waals surface area contributed by atoms with Gasteiger partial charge in [0, 0.05) is 13.2 Å². The number of hydrogen-bond donors (Lipinski definition) is 1. The van der Waals surface area contributed by atoms with Gasteiger partial charge in [0.1, 0.15) is 5.69 Å². The van der Waals surface area contributed by atoms with E-state index in [9.17, 15) is 13.6 Å². The predicted octanol–water partition coefficient (Wildman–Crippen LogP) is 1.08. The van der Waals surface area contributed by atoms with Crippen molar-refractivity contribution in [3.8, 4) is 0 Å². The fourth-order valence-electron chi connectivity index (χ4n) is 1.23. The number of esters is 1. The van der Waals surface area contributed by atoms with Crippen LogP contribution in [0.15, 0.2) is 12.3 Å². The van der Waals surface area contributed by atoms with Gasteiger partial charge >= 0.3 is 5.97 Å². The van der Waals surface area contributed by atoms with Crippen LogP contribution in [0, 0.1) is 0 Å². The Hall–Kier alpha value is -1.43. The molecule has 0 saturated heterocycles. The Balaban J connectivity index is 3.00. The summed E-state index contributed by atoms with van der Waals surface area (Å²) < 4.78 is 30.5. The van der Waals surface area contributed by atoms with E-state index in [-0.39, 0.29) is 11.3 Å². The number of nitrogens with two attached hydrogens (primary N) is 1. The van der Waals surface area contributed by atoms with E-state index in [2.05, 4.69) is 4.74 Å². The Kier molecular flexibility index (Phi) is 3.41. The van der Waals surface area contributed by atoms with Crippen LogP contribution in [0.3, 0.4) is 0 Å². The number of ether oxygens (including phenoxy) is 1. The van der Waals surface area contributed by atoms with Crippen molar-refractivity contribution < 1.29 is 18.3 Å². The van der Waals surface area contributed by atoms with Gasteiger partial charge in [0.05, 0.1) is 13.2 Å². The van der Waals surface area contributed by atoms with Gasteiger partial charge in [-0.1, -0.05) is 0 Å². The molecule has 15 heavy (non-hydrogen) atoms. The minimum atomic E-state index is -2.65. The number of halogens is 2. The lowest BCUT2D eigenvalue weighted by molar-refractivity contribution is 0.0589. The van der Waals surface area contributed by atoms with Gasteiger partial charge in [0.25, 0.3) is 6.43 Å². The van der Waals surface area contributed by atoms with E-state index in [1.165, 1.54) is 23.9 Å². The summed E-state index contributed by atoms with van der Waals surface area (Å²) in [5, 5.41) is 0. The average molecular weight is 218 g/mol. The van der Waals surface area contributed by atoms with E-state index in [0.717, 1.165) is 0 Å². The van der Waals surface area contributed by atoms with Gasteiger partial charge in [-0.15, -0.1) is 0 Å². The molecule has 0 spiro atoms. The number of hydrogen-bond acceptors (Lipinski definition) is 3. The number of rotatable bonds is 3. The summed E-state index contributed by atoms with van der Waals surface area (Å²) in [7, 11) is 2.79. The third-order valence-electron chi connectivity index (χ3n) is 2.08. The van der Waals surface area contributed by atoms with Crippen LogP contribution < -0.4 is 5.73 Å². The lowest BCUT2D eigenvalue weighted by Gasteiger charge is -2.06. The van der Waals surface area contributed by atoms with E-state index in [1.54, 1.807) is 7.05 Å². The van der Waals surface area contributed by atoms with Gasteiger partial charge in [-0.2, -0.15) is 0 Å². The van der Waals surface area contributed by atoms with E-state index < -0.39 is 18.4 Å². The van der Waals surface area contributed by atoms with Crippen LogP contribution in [0.25, 0.3) is 0 Å². The van der Waals surface area contributed by atoms with Crippen LogP contribution >= 0.6 is 0 Å². The molecule has 6 heteroatoms. The molecule has 0 saturated carbocycles. The van der Waals surface area contributed by atoms with Gasteiger partial charge < -0.3 is 15.0 Å². The number of carbonyl (C=O) groups excluding carboxylic acids is 1. The maximum atomic E-state index is 12.3. The Labute approximate surface area is 85.6 Å². The highest BCUT2D eigenvalue weighted by Crippen LogP contribution is 2.20. The van der Waals surface area contributed by atoms with E-state index in [4.69, 9.17) is 5.73 Å². The predicted molar refractivity (Wildman–Crippen MR) is 49.7 cm³/mol. The number of aromatic nitrogens is 1. The second-order valence-electron chi connectivity index (χ2n) is 3.12. The Morgan fingerprint density at radius 2 is 2.20 bits per heavy atom. The van der Waals surface area contributed by atoms with Crippen molar-refractivity contribution in [3.63, 3.8) is 0 Å². The molecular formula is C9H12F2N2O2. The van der Waals surface area contributed by atoms with Gasteiger partial charge in [-0.25, -0.2) is 13.6 Å². The molecule has 1 unspecified atom stereocenters. The Morgan fingerprint density at radius 3 is 2.67 bits per heavy atom. The van der Waals surface area contributed by atoms with E-state index in [1.807, 2.05) is 0 Å². The van der Waals surface area contributed by atoms with Crippen molar-refractivity contribution in [2.45, 2.75) is 12.5 Å². The average Bonchev–Trinajstić information content (AvgIpc) is 2.57. The van der Waals surface area contributed by atoms with Gasteiger partial charge in [-0.3, -0.25) is 0 Å².